The number of hydrogen-bond donors (Lipinski definition) is 1. The van der Waals surface area contributed by atoms with Gasteiger partial charge in [0.25, 0.3) is 0 Å². The molecule has 1 aromatic heterocycles. The number of benzene rings is 1. The van der Waals surface area contributed by atoms with Crippen LogP contribution < -0.4 is 9.64 Å². The molecule has 1 aromatic carbocycles. The summed E-state index contributed by atoms with van der Waals surface area (Å²) in [6.07, 6.45) is 2.66. The van der Waals surface area contributed by atoms with Crippen LogP contribution in [0.5, 0.6) is 5.75 Å². The van der Waals surface area contributed by atoms with Crippen LogP contribution in [0.25, 0.3) is 0 Å². The Balaban J connectivity index is 2.18. The molecule has 104 valence electrons. The van der Waals surface area contributed by atoms with E-state index in [0.717, 1.165) is 11.4 Å². The van der Waals surface area contributed by atoms with Crippen molar-refractivity contribution in [1.29, 1.82) is 0 Å². The molecule has 6 heteroatoms. The lowest BCUT2D eigenvalue weighted by atomic mass is 10.2. The normalized spacial score (nSPS) is 10.1. The molecule has 0 radical (unpaired) electrons. The van der Waals surface area contributed by atoms with E-state index in [-0.39, 0.29) is 5.56 Å². The quantitative estimate of drug-likeness (QED) is 0.895. The van der Waals surface area contributed by atoms with Crippen molar-refractivity contribution in [1.82, 2.24) is 9.97 Å². The van der Waals surface area contributed by atoms with E-state index in [2.05, 4.69) is 9.97 Å². The van der Waals surface area contributed by atoms with Crippen LogP contribution in [0.4, 0.5) is 5.69 Å². The van der Waals surface area contributed by atoms with Crippen molar-refractivity contribution < 1.29 is 14.6 Å². The number of aromatic carboxylic acids is 1. The van der Waals surface area contributed by atoms with Crippen LogP contribution in [-0.4, -0.2) is 35.2 Å². The third-order valence-electron chi connectivity index (χ3n) is 2.93. The minimum atomic E-state index is -1.02. The number of carboxylic acids is 1. The zero-order valence-corrected chi connectivity index (χ0v) is 11.3. The Labute approximate surface area is 116 Å². The van der Waals surface area contributed by atoms with E-state index >= 15 is 0 Å². The van der Waals surface area contributed by atoms with E-state index in [0.29, 0.717) is 12.2 Å². The average molecular weight is 273 g/mol. The number of anilines is 1. The summed E-state index contributed by atoms with van der Waals surface area (Å²) in [6.45, 7) is 0.385. The largest absolute Gasteiger partial charge is 0.497 e. The molecule has 0 aliphatic heterocycles. The van der Waals surface area contributed by atoms with Gasteiger partial charge in [-0.3, -0.25) is 0 Å². The third-order valence-corrected chi connectivity index (χ3v) is 2.93. The van der Waals surface area contributed by atoms with Gasteiger partial charge in [-0.1, -0.05) is 0 Å². The Morgan fingerprint density at radius 1 is 1.35 bits per heavy atom. The Kier molecular flexibility index (Phi) is 4.14. The van der Waals surface area contributed by atoms with Crippen molar-refractivity contribution in [2.75, 3.05) is 19.1 Å². The predicted octanol–water partition coefficient (Wildman–Crippen LogP) is 1.82. The number of carbonyl (C=O) groups is 1. The highest BCUT2D eigenvalue weighted by Crippen LogP contribution is 2.20. The number of ether oxygens (including phenoxy) is 1. The first-order chi connectivity index (χ1) is 9.61. The first-order valence-corrected chi connectivity index (χ1v) is 5.99. The van der Waals surface area contributed by atoms with Crippen molar-refractivity contribution >= 4 is 11.7 Å². The summed E-state index contributed by atoms with van der Waals surface area (Å²) in [5.74, 6) is -0.251. The standard InChI is InChI=1S/C14H15N3O3/c1-17(10-3-5-11(20-2)6-4-10)8-13-12(14(18)19)7-15-9-16-13/h3-7,9H,8H2,1-2H3,(H,18,19). The van der Waals surface area contributed by atoms with Gasteiger partial charge in [0.2, 0.25) is 0 Å². The molecule has 0 unspecified atom stereocenters. The molecule has 2 aromatic rings. The first kappa shape index (κ1) is 13.8. The maximum atomic E-state index is 11.1. The lowest BCUT2D eigenvalue weighted by Crippen LogP contribution is -2.19. The second-order valence-electron chi connectivity index (χ2n) is 4.24. The summed E-state index contributed by atoms with van der Waals surface area (Å²) in [7, 11) is 3.48. The zero-order chi connectivity index (χ0) is 14.5. The van der Waals surface area contributed by atoms with Crippen molar-refractivity contribution in [3.8, 4) is 5.75 Å². The molecule has 0 bridgehead atoms. The maximum absolute atomic E-state index is 11.1. The van der Waals surface area contributed by atoms with E-state index < -0.39 is 5.97 Å². The average Bonchev–Trinajstić information content (AvgIpc) is 2.47. The monoisotopic (exact) mass is 273 g/mol. The summed E-state index contributed by atoms with van der Waals surface area (Å²) in [4.78, 5) is 20.8. The van der Waals surface area contributed by atoms with E-state index in [1.54, 1.807) is 7.11 Å². The minimum Gasteiger partial charge on any atom is -0.497 e. The van der Waals surface area contributed by atoms with E-state index in [9.17, 15) is 4.79 Å². The second kappa shape index (κ2) is 6.01. The molecule has 6 nitrogen and oxygen atoms in total. The van der Waals surface area contributed by atoms with Gasteiger partial charge in [0.05, 0.1) is 19.3 Å². The number of rotatable bonds is 5. The van der Waals surface area contributed by atoms with Gasteiger partial charge in [-0.25, -0.2) is 14.8 Å². The highest BCUT2D eigenvalue weighted by Gasteiger charge is 2.13. The van der Waals surface area contributed by atoms with E-state index in [1.165, 1.54) is 12.5 Å². The molecule has 1 heterocycles. The number of hydrogen-bond acceptors (Lipinski definition) is 5. The van der Waals surface area contributed by atoms with Crippen LogP contribution in [0.3, 0.4) is 0 Å². The summed E-state index contributed by atoms with van der Waals surface area (Å²) in [6, 6.07) is 7.51. The topological polar surface area (TPSA) is 75.5 Å². The van der Waals surface area contributed by atoms with E-state index in [1.807, 2.05) is 36.2 Å². The lowest BCUT2D eigenvalue weighted by Gasteiger charge is -2.19. The van der Waals surface area contributed by atoms with Crippen molar-refractivity contribution in [2.45, 2.75) is 6.54 Å². The molecule has 0 fully saturated rings. The van der Waals surface area contributed by atoms with Crippen LogP contribution in [0.1, 0.15) is 16.1 Å². The molecular formula is C14H15N3O3. The second-order valence-corrected chi connectivity index (χ2v) is 4.24. The smallest absolute Gasteiger partial charge is 0.339 e. The molecule has 0 amide bonds. The van der Waals surface area contributed by atoms with Crippen LogP contribution >= 0.6 is 0 Å². The molecule has 1 N–H and O–H groups in total. The molecule has 0 aliphatic rings. The van der Waals surface area contributed by atoms with Gasteiger partial charge in [-0.2, -0.15) is 0 Å². The number of methoxy groups -OCH3 is 1. The molecule has 0 saturated heterocycles. The Morgan fingerprint density at radius 2 is 2.05 bits per heavy atom. The highest BCUT2D eigenvalue weighted by molar-refractivity contribution is 5.88. The molecule has 0 aliphatic carbocycles. The number of nitrogens with zero attached hydrogens (tertiary/aromatic N) is 3. The first-order valence-electron chi connectivity index (χ1n) is 5.99. The summed E-state index contributed by atoms with van der Waals surface area (Å²) in [5.41, 5.74) is 1.54. The van der Waals surface area contributed by atoms with Gasteiger partial charge in [0.15, 0.2) is 0 Å². The van der Waals surface area contributed by atoms with Crippen molar-refractivity contribution in [3.63, 3.8) is 0 Å². The predicted molar refractivity (Wildman–Crippen MR) is 74.1 cm³/mol. The molecule has 0 spiro atoms. The SMILES string of the molecule is COc1ccc(N(C)Cc2ncncc2C(=O)O)cc1. The Hall–Kier alpha value is -2.63. The zero-order valence-electron chi connectivity index (χ0n) is 11.3. The fraction of sp³-hybridized carbons (Fsp3) is 0.214. The maximum Gasteiger partial charge on any atom is 0.339 e. The van der Waals surface area contributed by atoms with Crippen LogP contribution in [0.15, 0.2) is 36.8 Å². The fourth-order valence-corrected chi connectivity index (χ4v) is 1.81. The van der Waals surface area contributed by atoms with Crippen molar-refractivity contribution in [2.24, 2.45) is 0 Å². The fourth-order valence-electron chi connectivity index (χ4n) is 1.81. The van der Waals surface area contributed by atoms with Crippen LogP contribution in [0.2, 0.25) is 0 Å². The summed E-state index contributed by atoms with van der Waals surface area (Å²) >= 11 is 0. The molecule has 2 rings (SSSR count). The number of carboxylic acid groups (broad SMARTS) is 1. The van der Waals surface area contributed by atoms with E-state index in [4.69, 9.17) is 9.84 Å². The number of aromatic nitrogens is 2. The lowest BCUT2D eigenvalue weighted by molar-refractivity contribution is 0.0694. The van der Waals surface area contributed by atoms with Gasteiger partial charge in [0, 0.05) is 18.9 Å². The van der Waals surface area contributed by atoms with Gasteiger partial charge in [-0.05, 0) is 24.3 Å². The molecule has 0 saturated carbocycles. The molecular weight excluding hydrogens is 258 g/mol. The Bertz CT molecular complexity index is 599. The van der Waals surface area contributed by atoms with Gasteiger partial charge < -0.3 is 14.7 Å². The van der Waals surface area contributed by atoms with Gasteiger partial charge in [-0.15, -0.1) is 0 Å². The Morgan fingerprint density at radius 3 is 2.65 bits per heavy atom. The van der Waals surface area contributed by atoms with Crippen LogP contribution in [-0.2, 0) is 6.54 Å². The summed E-state index contributed by atoms with van der Waals surface area (Å²) in [5, 5.41) is 9.10. The molecule has 0 atom stereocenters. The minimum absolute atomic E-state index is 0.118. The highest BCUT2D eigenvalue weighted by atomic mass is 16.5. The summed E-state index contributed by atoms with van der Waals surface area (Å²) < 4.78 is 5.10. The van der Waals surface area contributed by atoms with Gasteiger partial charge >= 0.3 is 5.97 Å². The van der Waals surface area contributed by atoms with Gasteiger partial charge in [0.1, 0.15) is 17.6 Å². The molecule has 20 heavy (non-hydrogen) atoms. The van der Waals surface area contributed by atoms with Crippen LogP contribution in [0, 0.1) is 0 Å². The third kappa shape index (κ3) is 3.03. The van der Waals surface area contributed by atoms with Crippen molar-refractivity contribution in [3.05, 3.63) is 48.0 Å².